The van der Waals surface area contributed by atoms with Crippen LogP contribution in [0.3, 0.4) is 0 Å². The van der Waals surface area contributed by atoms with Crippen LogP contribution in [-0.2, 0) is 0 Å². The number of halogens is 2. The monoisotopic (exact) mass is 229 g/mol. The summed E-state index contributed by atoms with van der Waals surface area (Å²) >= 11 is 5.92. The molecule has 0 bridgehead atoms. The third-order valence-electron chi connectivity index (χ3n) is 2.43. The van der Waals surface area contributed by atoms with E-state index >= 15 is 0 Å². The minimum Gasteiger partial charge on any atom is -0.324 e. The normalized spacial score (nSPS) is 13.2. The second-order valence-electron chi connectivity index (χ2n) is 4.21. The summed E-state index contributed by atoms with van der Waals surface area (Å²) in [6, 6.07) is 4.36. The van der Waals surface area contributed by atoms with Gasteiger partial charge in [0.2, 0.25) is 0 Å². The lowest BCUT2D eigenvalue weighted by Gasteiger charge is -2.15. The third kappa shape index (κ3) is 3.47. The lowest BCUT2D eigenvalue weighted by Crippen LogP contribution is -2.13. The highest BCUT2D eigenvalue weighted by Gasteiger charge is 2.15. The summed E-state index contributed by atoms with van der Waals surface area (Å²) in [5.41, 5.74) is 6.36. The molecule has 15 heavy (non-hydrogen) atoms. The first kappa shape index (κ1) is 12.5. The van der Waals surface area contributed by atoms with Gasteiger partial charge in [-0.25, -0.2) is 4.39 Å². The van der Waals surface area contributed by atoms with Gasteiger partial charge in [-0.1, -0.05) is 31.5 Å². The Bertz CT molecular complexity index is 305. The van der Waals surface area contributed by atoms with Crippen LogP contribution in [0.15, 0.2) is 18.2 Å². The quantitative estimate of drug-likeness (QED) is 0.832. The van der Waals surface area contributed by atoms with Crippen molar-refractivity contribution in [1.82, 2.24) is 0 Å². The maximum atomic E-state index is 13.5. The number of nitrogens with two attached hydrogens (primary N) is 1. The molecule has 0 aromatic heterocycles. The average molecular weight is 230 g/mol. The first-order chi connectivity index (χ1) is 7.02. The summed E-state index contributed by atoms with van der Waals surface area (Å²) in [7, 11) is 0. The van der Waals surface area contributed by atoms with E-state index in [0.29, 0.717) is 16.5 Å². The second kappa shape index (κ2) is 5.47. The Hall–Kier alpha value is -0.600. The van der Waals surface area contributed by atoms with E-state index in [1.165, 1.54) is 6.07 Å². The molecule has 0 aliphatic carbocycles. The Morgan fingerprint density at radius 3 is 2.53 bits per heavy atom. The highest BCUT2D eigenvalue weighted by atomic mass is 35.5. The second-order valence-corrected chi connectivity index (χ2v) is 4.62. The molecule has 1 rings (SSSR count). The first-order valence-corrected chi connectivity index (χ1v) is 5.59. The molecule has 0 amide bonds. The van der Waals surface area contributed by atoms with Crippen molar-refractivity contribution in [2.75, 3.05) is 0 Å². The molecule has 0 spiro atoms. The zero-order chi connectivity index (χ0) is 11.4. The van der Waals surface area contributed by atoms with Crippen molar-refractivity contribution in [3.8, 4) is 0 Å². The van der Waals surface area contributed by atoms with Crippen LogP contribution in [0, 0.1) is 11.7 Å². The van der Waals surface area contributed by atoms with E-state index in [9.17, 15) is 4.39 Å². The summed E-state index contributed by atoms with van der Waals surface area (Å²) in [4.78, 5) is 0. The molecule has 0 heterocycles. The molecule has 0 saturated carbocycles. The van der Waals surface area contributed by atoms with Crippen LogP contribution in [0.4, 0.5) is 4.39 Å². The maximum absolute atomic E-state index is 13.5. The zero-order valence-corrected chi connectivity index (χ0v) is 9.89. The van der Waals surface area contributed by atoms with Crippen LogP contribution in [0.25, 0.3) is 0 Å². The summed E-state index contributed by atoms with van der Waals surface area (Å²) < 4.78 is 13.5. The van der Waals surface area contributed by atoms with Gasteiger partial charge < -0.3 is 5.73 Å². The van der Waals surface area contributed by atoms with Gasteiger partial charge in [0.1, 0.15) is 5.82 Å². The van der Waals surface area contributed by atoms with E-state index in [1.54, 1.807) is 12.1 Å². The van der Waals surface area contributed by atoms with Gasteiger partial charge >= 0.3 is 0 Å². The molecular weight excluding hydrogens is 213 g/mol. The Labute approximate surface area is 95.4 Å². The van der Waals surface area contributed by atoms with E-state index in [2.05, 4.69) is 13.8 Å². The van der Waals surface area contributed by atoms with Crippen molar-refractivity contribution in [2.24, 2.45) is 11.7 Å². The van der Waals surface area contributed by atoms with Crippen molar-refractivity contribution in [2.45, 2.75) is 32.7 Å². The van der Waals surface area contributed by atoms with Crippen LogP contribution >= 0.6 is 11.6 Å². The Morgan fingerprint density at radius 2 is 2.00 bits per heavy atom. The molecule has 1 aromatic rings. The van der Waals surface area contributed by atoms with Gasteiger partial charge in [0.25, 0.3) is 0 Å². The molecule has 84 valence electrons. The molecule has 0 saturated heterocycles. The fourth-order valence-electron chi connectivity index (χ4n) is 1.52. The molecule has 1 aromatic carbocycles. The minimum absolute atomic E-state index is 0.305. The van der Waals surface area contributed by atoms with E-state index in [1.807, 2.05) is 0 Å². The van der Waals surface area contributed by atoms with E-state index in [0.717, 1.165) is 12.8 Å². The molecule has 0 fully saturated rings. The van der Waals surface area contributed by atoms with Crippen molar-refractivity contribution in [3.63, 3.8) is 0 Å². The van der Waals surface area contributed by atoms with Crippen LogP contribution in [-0.4, -0.2) is 0 Å². The van der Waals surface area contributed by atoms with Crippen LogP contribution in [0.2, 0.25) is 5.02 Å². The van der Waals surface area contributed by atoms with E-state index in [4.69, 9.17) is 17.3 Å². The highest BCUT2D eigenvalue weighted by Crippen LogP contribution is 2.27. The first-order valence-electron chi connectivity index (χ1n) is 5.22. The minimum atomic E-state index is -0.307. The molecule has 0 unspecified atom stereocenters. The third-order valence-corrected chi connectivity index (χ3v) is 2.76. The molecule has 0 aliphatic rings. The van der Waals surface area contributed by atoms with Gasteiger partial charge in [0.15, 0.2) is 0 Å². The van der Waals surface area contributed by atoms with Gasteiger partial charge in [-0.2, -0.15) is 0 Å². The van der Waals surface area contributed by atoms with E-state index < -0.39 is 0 Å². The zero-order valence-electron chi connectivity index (χ0n) is 9.13. The largest absolute Gasteiger partial charge is 0.324 e. The van der Waals surface area contributed by atoms with Gasteiger partial charge in [0, 0.05) is 16.6 Å². The molecule has 1 nitrogen and oxygen atoms in total. The Balaban J connectivity index is 2.77. The fourth-order valence-corrected chi connectivity index (χ4v) is 1.83. The van der Waals surface area contributed by atoms with Gasteiger partial charge in [-0.15, -0.1) is 0 Å². The number of hydrogen-bond acceptors (Lipinski definition) is 1. The summed E-state index contributed by atoms with van der Waals surface area (Å²) in [6.45, 7) is 4.24. The number of hydrogen-bond donors (Lipinski definition) is 1. The van der Waals surface area contributed by atoms with Crippen molar-refractivity contribution >= 4 is 11.6 Å². The average Bonchev–Trinajstić information content (AvgIpc) is 2.14. The molecular formula is C12H17ClFN. The predicted octanol–water partition coefficient (Wildman–Crippen LogP) is 3.92. The summed E-state index contributed by atoms with van der Waals surface area (Å²) in [5, 5.41) is 0.422. The number of benzene rings is 1. The predicted molar refractivity (Wildman–Crippen MR) is 62.4 cm³/mol. The van der Waals surface area contributed by atoms with Crippen LogP contribution in [0.1, 0.15) is 38.3 Å². The van der Waals surface area contributed by atoms with Crippen LogP contribution in [0.5, 0.6) is 0 Å². The Kier molecular flexibility index (Phi) is 4.55. The maximum Gasteiger partial charge on any atom is 0.129 e. The molecule has 2 N–H and O–H groups in total. The lowest BCUT2D eigenvalue weighted by molar-refractivity contribution is 0.491. The van der Waals surface area contributed by atoms with Gasteiger partial charge in [0.05, 0.1) is 0 Å². The SMILES string of the molecule is CC(C)CC[C@@H](N)c1c(F)cccc1Cl. The summed E-state index contributed by atoms with van der Waals surface area (Å²) in [5.74, 6) is 0.264. The van der Waals surface area contributed by atoms with Crippen molar-refractivity contribution < 1.29 is 4.39 Å². The van der Waals surface area contributed by atoms with Gasteiger partial charge in [-0.3, -0.25) is 0 Å². The Morgan fingerprint density at radius 1 is 1.33 bits per heavy atom. The topological polar surface area (TPSA) is 26.0 Å². The summed E-state index contributed by atoms with van der Waals surface area (Å²) in [6.07, 6.45) is 1.74. The lowest BCUT2D eigenvalue weighted by atomic mass is 9.98. The van der Waals surface area contributed by atoms with Crippen molar-refractivity contribution in [1.29, 1.82) is 0 Å². The van der Waals surface area contributed by atoms with Gasteiger partial charge in [-0.05, 0) is 30.9 Å². The van der Waals surface area contributed by atoms with Crippen molar-refractivity contribution in [3.05, 3.63) is 34.6 Å². The standard InChI is InChI=1S/C12H17ClFN/c1-8(2)6-7-11(15)12-9(13)4-3-5-10(12)14/h3-5,8,11H,6-7,15H2,1-2H3/t11-/m1/s1. The molecule has 1 atom stereocenters. The van der Waals surface area contributed by atoms with E-state index in [-0.39, 0.29) is 11.9 Å². The molecule has 3 heteroatoms. The smallest absolute Gasteiger partial charge is 0.129 e. The molecule has 0 radical (unpaired) electrons. The fraction of sp³-hybridized carbons (Fsp3) is 0.500. The highest BCUT2D eigenvalue weighted by molar-refractivity contribution is 6.31. The molecule has 0 aliphatic heterocycles. The van der Waals surface area contributed by atoms with Crippen LogP contribution < -0.4 is 5.73 Å². The number of rotatable bonds is 4.